The van der Waals surface area contributed by atoms with Gasteiger partial charge in [0, 0.05) is 32.0 Å². The van der Waals surface area contributed by atoms with Gasteiger partial charge in [0.1, 0.15) is 6.07 Å². The lowest BCUT2D eigenvalue weighted by atomic mass is 10.1. The molecule has 0 spiro atoms. The number of nitrogens with zero attached hydrogens (tertiary/aromatic N) is 3. The van der Waals surface area contributed by atoms with Crippen molar-refractivity contribution in [2.45, 2.75) is 23.6 Å². The van der Waals surface area contributed by atoms with E-state index in [4.69, 9.17) is 9.15 Å². The van der Waals surface area contributed by atoms with E-state index in [2.05, 4.69) is 21.6 Å². The minimum atomic E-state index is 0.440. The minimum Gasteiger partial charge on any atom is -0.416 e. The van der Waals surface area contributed by atoms with E-state index in [0.29, 0.717) is 29.8 Å². The Morgan fingerprint density at radius 3 is 2.95 bits per heavy atom. The molecule has 2 rings (SSSR count). The highest BCUT2D eigenvalue weighted by Gasteiger charge is 2.10. The van der Waals surface area contributed by atoms with E-state index >= 15 is 0 Å². The second kappa shape index (κ2) is 7.78. The zero-order chi connectivity index (χ0) is 15.1. The molecule has 0 amide bonds. The molecule has 21 heavy (non-hydrogen) atoms. The molecule has 0 bridgehead atoms. The van der Waals surface area contributed by atoms with Crippen LogP contribution in [-0.4, -0.2) is 30.5 Å². The zero-order valence-corrected chi connectivity index (χ0v) is 12.7. The van der Waals surface area contributed by atoms with Gasteiger partial charge in [-0.05, 0) is 29.5 Å². The molecule has 0 atom stereocenters. The number of methoxy groups -OCH3 is 1. The van der Waals surface area contributed by atoms with Gasteiger partial charge in [0.05, 0.1) is 12.2 Å². The van der Waals surface area contributed by atoms with Crippen molar-refractivity contribution in [3.05, 3.63) is 35.2 Å². The molecule has 7 heteroatoms. The van der Waals surface area contributed by atoms with Crippen LogP contribution in [0.3, 0.4) is 0 Å². The average Bonchev–Trinajstić information content (AvgIpc) is 2.90. The number of nitriles is 1. The first-order chi connectivity index (χ1) is 10.2. The summed E-state index contributed by atoms with van der Waals surface area (Å²) in [5.74, 6) is 0.509. The fourth-order valence-corrected chi connectivity index (χ4v) is 2.47. The topological polar surface area (TPSA) is 84.0 Å². The summed E-state index contributed by atoms with van der Waals surface area (Å²) < 4.78 is 10.3. The Morgan fingerprint density at radius 1 is 1.43 bits per heavy atom. The van der Waals surface area contributed by atoms with Crippen LogP contribution >= 0.6 is 11.8 Å². The van der Waals surface area contributed by atoms with E-state index in [1.54, 1.807) is 14.0 Å². The monoisotopic (exact) mass is 304 g/mol. The van der Waals surface area contributed by atoms with Gasteiger partial charge in [0.15, 0.2) is 0 Å². The van der Waals surface area contributed by atoms with Crippen molar-refractivity contribution in [3.8, 4) is 6.07 Å². The number of benzene rings is 1. The van der Waals surface area contributed by atoms with Gasteiger partial charge in [-0.3, -0.25) is 0 Å². The van der Waals surface area contributed by atoms with Crippen molar-refractivity contribution in [2.24, 2.45) is 0 Å². The number of hydrogen-bond donors (Lipinski definition) is 1. The van der Waals surface area contributed by atoms with Crippen molar-refractivity contribution in [3.63, 3.8) is 0 Å². The molecule has 0 fully saturated rings. The SMILES string of the molecule is COCCNCc1ccc(Sc2nnc(C)o2)c(C#N)c1. The van der Waals surface area contributed by atoms with Crippen LogP contribution in [0, 0.1) is 18.3 Å². The zero-order valence-electron chi connectivity index (χ0n) is 11.9. The van der Waals surface area contributed by atoms with Gasteiger partial charge in [0.2, 0.25) is 5.89 Å². The highest BCUT2D eigenvalue weighted by atomic mass is 32.2. The summed E-state index contributed by atoms with van der Waals surface area (Å²) in [6.07, 6.45) is 0. The highest BCUT2D eigenvalue weighted by molar-refractivity contribution is 7.99. The van der Waals surface area contributed by atoms with E-state index in [1.807, 2.05) is 18.2 Å². The van der Waals surface area contributed by atoms with Crippen molar-refractivity contribution < 1.29 is 9.15 Å². The summed E-state index contributed by atoms with van der Waals surface area (Å²) in [6.45, 7) is 3.87. The fraction of sp³-hybridized carbons (Fsp3) is 0.357. The van der Waals surface area contributed by atoms with E-state index in [9.17, 15) is 5.26 Å². The standard InChI is InChI=1S/C14H16N4O2S/c1-10-17-18-14(20-10)21-13-4-3-11(7-12(13)8-15)9-16-5-6-19-2/h3-4,7,16H,5-6,9H2,1-2H3. The second-order valence-corrected chi connectivity index (χ2v) is 5.29. The van der Waals surface area contributed by atoms with E-state index < -0.39 is 0 Å². The molecule has 6 nitrogen and oxygen atoms in total. The van der Waals surface area contributed by atoms with Gasteiger partial charge in [-0.25, -0.2) is 0 Å². The first kappa shape index (κ1) is 15.5. The molecule has 0 radical (unpaired) electrons. The van der Waals surface area contributed by atoms with Gasteiger partial charge in [-0.1, -0.05) is 6.07 Å². The molecule has 1 aromatic heterocycles. The average molecular weight is 304 g/mol. The van der Waals surface area contributed by atoms with Crippen molar-refractivity contribution in [1.82, 2.24) is 15.5 Å². The Hall–Kier alpha value is -1.88. The van der Waals surface area contributed by atoms with Gasteiger partial charge >= 0.3 is 0 Å². The number of aromatic nitrogens is 2. The molecular formula is C14H16N4O2S. The second-order valence-electron chi connectivity index (χ2n) is 4.30. The number of rotatable bonds is 7. The number of aryl methyl sites for hydroxylation is 1. The molecule has 0 saturated carbocycles. The summed E-state index contributed by atoms with van der Waals surface area (Å²) in [4.78, 5) is 0.807. The summed E-state index contributed by atoms with van der Waals surface area (Å²) in [7, 11) is 1.67. The number of ether oxygens (including phenoxy) is 1. The lowest BCUT2D eigenvalue weighted by molar-refractivity contribution is 0.199. The van der Waals surface area contributed by atoms with Crippen LogP contribution in [0.4, 0.5) is 0 Å². The van der Waals surface area contributed by atoms with E-state index in [-0.39, 0.29) is 0 Å². The molecule has 1 N–H and O–H groups in total. The van der Waals surface area contributed by atoms with E-state index in [0.717, 1.165) is 17.0 Å². The molecule has 0 aliphatic heterocycles. The lowest BCUT2D eigenvalue weighted by Gasteiger charge is -2.06. The predicted molar refractivity (Wildman–Crippen MR) is 77.9 cm³/mol. The molecular weight excluding hydrogens is 288 g/mol. The van der Waals surface area contributed by atoms with E-state index in [1.165, 1.54) is 11.8 Å². The van der Waals surface area contributed by atoms with Crippen LogP contribution in [-0.2, 0) is 11.3 Å². The largest absolute Gasteiger partial charge is 0.416 e. The van der Waals surface area contributed by atoms with Crippen LogP contribution in [0.1, 0.15) is 17.0 Å². The third-order valence-corrected chi connectivity index (χ3v) is 3.60. The van der Waals surface area contributed by atoms with Crippen LogP contribution in [0.15, 0.2) is 32.7 Å². The summed E-state index contributed by atoms with van der Waals surface area (Å²) in [5, 5.41) is 20.6. The van der Waals surface area contributed by atoms with Gasteiger partial charge in [-0.2, -0.15) is 5.26 Å². The smallest absolute Gasteiger partial charge is 0.281 e. The molecule has 0 aliphatic carbocycles. The van der Waals surface area contributed by atoms with Crippen LogP contribution < -0.4 is 5.32 Å². The maximum atomic E-state index is 9.27. The van der Waals surface area contributed by atoms with Crippen LogP contribution in [0.5, 0.6) is 0 Å². The Bertz CT molecular complexity index is 636. The van der Waals surface area contributed by atoms with Crippen molar-refractivity contribution >= 4 is 11.8 Å². The maximum absolute atomic E-state index is 9.27. The quantitative estimate of drug-likeness (QED) is 0.784. The number of hydrogen-bond acceptors (Lipinski definition) is 7. The van der Waals surface area contributed by atoms with Gasteiger partial charge in [-0.15, -0.1) is 10.2 Å². The van der Waals surface area contributed by atoms with Crippen molar-refractivity contribution in [1.29, 1.82) is 5.26 Å². The summed E-state index contributed by atoms with van der Waals surface area (Å²) in [5.41, 5.74) is 1.65. The molecule has 2 aromatic rings. The Balaban J connectivity index is 2.04. The molecule has 1 aromatic carbocycles. The predicted octanol–water partition coefficient (Wildman–Crippen LogP) is 2.14. The maximum Gasteiger partial charge on any atom is 0.281 e. The Labute approximate surface area is 127 Å². The molecule has 1 heterocycles. The van der Waals surface area contributed by atoms with Crippen molar-refractivity contribution in [2.75, 3.05) is 20.3 Å². The summed E-state index contributed by atoms with van der Waals surface area (Å²) >= 11 is 1.30. The molecule has 0 saturated heterocycles. The first-order valence-corrected chi connectivity index (χ1v) is 7.25. The van der Waals surface area contributed by atoms with Crippen LogP contribution in [0.25, 0.3) is 0 Å². The molecule has 0 unspecified atom stereocenters. The Kier molecular flexibility index (Phi) is 5.75. The van der Waals surface area contributed by atoms with Crippen LogP contribution in [0.2, 0.25) is 0 Å². The fourth-order valence-electron chi connectivity index (χ4n) is 1.68. The molecule has 0 aliphatic rings. The first-order valence-electron chi connectivity index (χ1n) is 6.43. The Morgan fingerprint density at radius 2 is 2.29 bits per heavy atom. The lowest BCUT2D eigenvalue weighted by Crippen LogP contribution is -2.18. The minimum absolute atomic E-state index is 0.440. The normalized spacial score (nSPS) is 10.5. The number of nitrogens with one attached hydrogen (secondary N) is 1. The molecule has 110 valence electrons. The summed E-state index contributed by atoms with van der Waals surface area (Å²) in [6, 6.07) is 7.95. The third-order valence-electron chi connectivity index (χ3n) is 2.68. The third kappa shape index (κ3) is 4.56. The van der Waals surface area contributed by atoms with Gasteiger partial charge in [0.25, 0.3) is 5.22 Å². The van der Waals surface area contributed by atoms with Gasteiger partial charge < -0.3 is 14.5 Å². The highest BCUT2D eigenvalue weighted by Crippen LogP contribution is 2.29.